The van der Waals surface area contributed by atoms with Crippen molar-refractivity contribution in [2.75, 3.05) is 27.4 Å². The number of ether oxygens (including phenoxy) is 2. The number of carbonyl (C=O) groups excluding carboxylic acids is 2. The number of thiazole rings is 1. The number of carbonyl (C=O) groups is 2. The van der Waals surface area contributed by atoms with Crippen LogP contribution in [-0.2, 0) is 16.0 Å². The minimum atomic E-state index is -0.473. The summed E-state index contributed by atoms with van der Waals surface area (Å²) in [5, 5.41) is 2.34. The molecule has 1 aromatic carbocycles. The molecule has 0 saturated carbocycles. The van der Waals surface area contributed by atoms with E-state index in [9.17, 15) is 9.59 Å². The van der Waals surface area contributed by atoms with E-state index in [1.54, 1.807) is 17.4 Å². The first-order valence-corrected chi connectivity index (χ1v) is 8.81. The van der Waals surface area contributed by atoms with Gasteiger partial charge in [0.2, 0.25) is 0 Å². The largest absolute Gasteiger partial charge is 0.464 e. The van der Waals surface area contributed by atoms with Gasteiger partial charge in [0.15, 0.2) is 5.69 Å². The van der Waals surface area contributed by atoms with Crippen molar-refractivity contribution >= 4 is 23.2 Å². The molecule has 0 spiro atoms. The first-order chi connectivity index (χ1) is 12.1. The minimum absolute atomic E-state index is 0.0518. The summed E-state index contributed by atoms with van der Waals surface area (Å²) in [6, 6.07) is 7.50. The quantitative estimate of drug-likeness (QED) is 0.533. The summed E-state index contributed by atoms with van der Waals surface area (Å²) < 4.78 is 9.76. The Morgan fingerprint density at radius 3 is 2.68 bits per heavy atom. The lowest BCUT2D eigenvalue weighted by atomic mass is 10.1. The Hall–Kier alpha value is -2.25. The van der Waals surface area contributed by atoms with Crippen LogP contribution in [0, 0.1) is 6.92 Å². The van der Waals surface area contributed by atoms with E-state index in [2.05, 4.69) is 9.72 Å². The maximum atomic E-state index is 12.9. The van der Waals surface area contributed by atoms with Gasteiger partial charge in [0.1, 0.15) is 5.01 Å². The molecular formula is C18H22N2O4S. The smallest absolute Gasteiger partial charge is 0.357 e. The van der Waals surface area contributed by atoms with Crippen molar-refractivity contribution < 1.29 is 19.1 Å². The van der Waals surface area contributed by atoms with Gasteiger partial charge in [-0.15, -0.1) is 11.3 Å². The van der Waals surface area contributed by atoms with E-state index in [0.717, 1.165) is 12.0 Å². The van der Waals surface area contributed by atoms with Crippen LogP contribution in [0.25, 0.3) is 0 Å². The average molecular weight is 362 g/mol. The second-order valence-electron chi connectivity index (χ2n) is 5.51. The van der Waals surface area contributed by atoms with E-state index in [0.29, 0.717) is 30.3 Å². The van der Waals surface area contributed by atoms with Gasteiger partial charge in [-0.25, -0.2) is 9.78 Å². The Labute approximate surface area is 151 Å². The van der Waals surface area contributed by atoms with E-state index >= 15 is 0 Å². The van der Waals surface area contributed by atoms with E-state index < -0.39 is 5.97 Å². The zero-order chi connectivity index (χ0) is 18.2. The lowest BCUT2D eigenvalue weighted by Gasteiger charge is -2.22. The van der Waals surface area contributed by atoms with Crippen LogP contribution in [0.4, 0.5) is 0 Å². The molecule has 7 heteroatoms. The molecule has 0 bridgehead atoms. The number of hydrogen-bond donors (Lipinski definition) is 0. The molecule has 0 unspecified atom stereocenters. The predicted octanol–water partition coefficient (Wildman–Crippen LogP) is 2.92. The molecule has 25 heavy (non-hydrogen) atoms. The van der Waals surface area contributed by atoms with E-state index in [-0.39, 0.29) is 11.6 Å². The van der Waals surface area contributed by atoms with Gasteiger partial charge in [-0.05, 0) is 25.0 Å². The summed E-state index contributed by atoms with van der Waals surface area (Å²) in [7, 11) is 2.96. The zero-order valence-corrected chi connectivity index (χ0v) is 15.5. The molecule has 2 rings (SSSR count). The van der Waals surface area contributed by atoms with Gasteiger partial charge in [-0.2, -0.15) is 0 Å². The summed E-state index contributed by atoms with van der Waals surface area (Å²) in [6.45, 7) is 3.38. The van der Waals surface area contributed by atoms with Crippen LogP contribution in [0.15, 0.2) is 29.6 Å². The third-order valence-electron chi connectivity index (χ3n) is 3.71. The maximum absolute atomic E-state index is 12.9. The van der Waals surface area contributed by atoms with Crippen LogP contribution < -0.4 is 0 Å². The fourth-order valence-corrected chi connectivity index (χ4v) is 3.16. The molecule has 1 aromatic heterocycles. The number of hydrogen-bond acceptors (Lipinski definition) is 6. The Kier molecular flexibility index (Phi) is 7.09. The van der Waals surface area contributed by atoms with Gasteiger partial charge < -0.3 is 14.4 Å². The number of esters is 1. The molecule has 134 valence electrons. The number of rotatable bonds is 8. The summed E-state index contributed by atoms with van der Waals surface area (Å²) >= 11 is 1.34. The third kappa shape index (κ3) is 5.11. The zero-order valence-electron chi connectivity index (χ0n) is 14.7. The van der Waals surface area contributed by atoms with Gasteiger partial charge in [0.25, 0.3) is 5.91 Å². The predicted molar refractivity (Wildman–Crippen MR) is 95.9 cm³/mol. The Morgan fingerprint density at radius 1 is 1.24 bits per heavy atom. The minimum Gasteiger partial charge on any atom is -0.464 e. The highest BCUT2D eigenvalue weighted by Gasteiger charge is 2.20. The van der Waals surface area contributed by atoms with Gasteiger partial charge >= 0.3 is 5.97 Å². The van der Waals surface area contributed by atoms with Crippen molar-refractivity contribution in [1.29, 1.82) is 0 Å². The van der Waals surface area contributed by atoms with E-state index in [4.69, 9.17) is 4.74 Å². The van der Waals surface area contributed by atoms with Crippen molar-refractivity contribution in [2.45, 2.75) is 19.9 Å². The molecule has 0 saturated heterocycles. The Bertz CT molecular complexity index is 729. The topological polar surface area (TPSA) is 68.7 Å². The van der Waals surface area contributed by atoms with Crippen molar-refractivity contribution in [2.24, 2.45) is 0 Å². The first-order valence-electron chi connectivity index (χ1n) is 7.93. The van der Waals surface area contributed by atoms with Crippen LogP contribution in [0.5, 0.6) is 0 Å². The number of benzene rings is 1. The van der Waals surface area contributed by atoms with Crippen LogP contribution in [0.3, 0.4) is 0 Å². The molecule has 1 amide bonds. The molecule has 2 aromatic rings. The monoisotopic (exact) mass is 362 g/mol. The molecule has 6 nitrogen and oxygen atoms in total. The molecule has 0 N–H and O–H groups in total. The highest BCUT2D eigenvalue weighted by atomic mass is 32.1. The van der Waals surface area contributed by atoms with Gasteiger partial charge in [0, 0.05) is 31.2 Å². The summed E-state index contributed by atoms with van der Waals surface area (Å²) in [4.78, 5) is 30.5. The van der Waals surface area contributed by atoms with Crippen LogP contribution in [0.1, 0.15) is 37.8 Å². The lowest BCUT2D eigenvalue weighted by molar-refractivity contribution is 0.0594. The number of aromatic nitrogens is 1. The second-order valence-corrected chi connectivity index (χ2v) is 6.45. The van der Waals surface area contributed by atoms with Crippen LogP contribution >= 0.6 is 11.3 Å². The number of methoxy groups -OCH3 is 2. The molecule has 0 aliphatic rings. The molecule has 0 radical (unpaired) electrons. The summed E-state index contributed by atoms with van der Waals surface area (Å²) in [5.41, 5.74) is 1.87. The normalized spacial score (nSPS) is 10.5. The van der Waals surface area contributed by atoms with Crippen LogP contribution in [-0.4, -0.2) is 49.1 Å². The standard InChI is InChI=1S/C18H22N2O4S/c1-13-7-4-5-8-14(13)17(21)20(9-6-10-23-2)11-16-19-15(12-25-16)18(22)24-3/h4-5,7-8,12H,6,9-11H2,1-3H3. The molecule has 0 atom stereocenters. The SMILES string of the molecule is COCCCN(Cc1nc(C(=O)OC)cs1)C(=O)c1ccccc1C. The highest BCUT2D eigenvalue weighted by molar-refractivity contribution is 7.09. The molecule has 1 heterocycles. The molecule has 0 aliphatic heterocycles. The highest BCUT2D eigenvalue weighted by Crippen LogP contribution is 2.17. The van der Waals surface area contributed by atoms with Crippen molar-refractivity contribution in [3.63, 3.8) is 0 Å². The first kappa shape index (κ1) is 19.1. The third-order valence-corrected chi connectivity index (χ3v) is 4.55. The van der Waals surface area contributed by atoms with Gasteiger partial charge in [-0.3, -0.25) is 4.79 Å². The fraction of sp³-hybridized carbons (Fsp3) is 0.389. The summed E-state index contributed by atoms with van der Waals surface area (Å²) in [5.74, 6) is -0.525. The second kappa shape index (κ2) is 9.29. The number of amides is 1. The van der Waals surface area contributed by atoms with Crippen molar-refractivity contribution in [1.82, 2.24) is 9.88 Å². The van der Waals surface area contributed by atoms with E-state index in [1.807, 2.05) is 31.2 Å². The van der Waals surface area contributed by atoms with Gasteiger partial charge in [-0.1, -0.05) is 18.2 Å². The number of nitrogens with zero attached hydrogens (tertiary/aromatic N) is 2. The van der Waals surface area contributed by atoms with Gasteiger partial charge in [0.05, 0.1) is 13.7 Å². The summed E-state index contributed by atoms with van der Waals surface area (Å²) in [6.07, 6.45) is 0.726. The van der Waals surface area contributed by atoms with E-state index in [1.165, 1.54) is 18.4 Å². The molecule has 0 aliphatic carbocycles. The molecule has 0 fully saturated rings. The van der Waals surface area contributed by atoms with Crippen molar-refractivity contribution in [3.05, 3.63) is 51.5 Å². The fourth-order valence-electron chi connectivity index (χ4n) is 2.38. The van der Waals surface area contributed by atoms with Crippen molar-refractivity contribution in [3.8, 4) is 0 Å². The molecular weight excluding hydrogens is 340 g/mol. The van der Waals surface area contributed by atoms with Crippen LogP contribution in [0.2, 0.25) is 0 Å². The average Bonchev–Trinajstić information content (AvgIpc) is 3.09. The Morgan fingerprint density at radius 2 is 2.00 bits per heavy atom. The number of aryl methyl sites for hydroxylation is 1. The maximum Gasteiger partial charge on any atom is 0.357 e. The Balaban J connectivity index is 2.17. The lowest BCUT2D eigenvalue weighted by Crippen LogP contribution is -2.32.